The number of carbonyl (C=O) groups is 1. The molecule has 1 saturated heterocycles. The Morgan fingerprint density at radius 3 is 2.61 bits per heavy atom. The van der Waals surface area contributed by atoms with Crippen molar-refractivity contribution in [3.8, 4) is 0 Å². The molecule has 1 amide bonds. The van der Waals surface area contributed by atoms with Crippen molar-refractivity contribution in [1.82, 2.24) is 4.90 Å². The van der Waals surface area contributed by atoms with Gasteiger partial charge in [-0.2, -0.15) is 0 Å². The van der Waals surface area contributed by atoms with Crippen LogP contribution in [0.2, 0.25) is 0 Å². The van der Waals surface area contributed by atoms with Crippen molar-refractivity contribution in [2.45, 2.75) is 37.4 Å². The molecule has 128 valence electrons. The molecule has 1 fully saturated rings. The summed E-state index contributed by atoms with van der Waals surface area (Å²) < 4.78 is 28.3. The summed E-state index contributed by atoms with van der Waals surface area (Å²) in [7, 11) is -3.78. The standard InChI is InChI=1S/C15H23N3O4S/c1-11-9-18(10-12(2)22-11)7-6-15(19)17-13-4-3-5-14(8-13)23(16,20)21/h3-5,8,11-12H,6-7,9-10H2,1-2H3,(H,17,19)(H2,16,20,21)/t11-,12+. The summed E-state index contributed by atoms with van der Waals surface area (Å²) in [6, 6.07) is 5.92. The normalized spacial score (nSPS) is 22.7. The maximum Gasteiger partial charge on any atom is 0.238 e. The number of morpholine rings is 1. The Bertz CT molecular complexity index is 652. The van der Waals surface area contributed by atoms with Crippen molar-refractivity contribution in [2.24, 2.45) is 5.14 Å². The van der Waals surface area contributed by atoms with Gasteiger partial charge < -0.3 is 10.1 Å². The van der Waals surface area contributed by atoms with E-state index >= 15 is 0 Å². The number of nitrogens with zero attached hydrogens (tertiary/aromatic N) is 1. The molecule has 8 heteroatoms. The minimum atomic E-state index is -3.78. The highest BCUT2D eigenvalue weighted by Crippen LogP contribution is 2.15. The number of amides is 1. The lowest BCUT2D eigenvalue weighted by Gasteiger charge is -2.35. The molecule has 23 heavy (non-hydrogen) atoms. The Kier molecular flexibility index (Phi) is 5.74. The number of benzene rings is 1. The van der Waals surface area contributed by atoms with Gasteiger partial charge in [0.15, 0.2) is 0 Å². The lowest BCUT2D eigenvalue weighted by atomic mass is 10.2. The van der Waals surface area contributed by atoms with Gasteiger partial charge in [0.25, 0.3) is 0 Å². The van der Waals surface area contributed by atoms with Crippen molar-refractivity contribution < 1.29 is 17.9 Å². The van der Waals surface area contributed by atoms with Crippen LogP contribution in [0.1, 0.15) is 20.3 Å². The highest BCUT2D eigenvalue weighted by Gasteiger charge is 2.22. The molecule has 3 N–H and O–H groups in total. The number of ether oxygens (including phenoxy) is 1. The second kappa shape index (κ2) is 7.39. The lowest BCUT2D eigenvalue weighted by Crippen LogP contribution is -2.46. The number of carbonyl (C=O) groups excluding carboxylic acids is 1. The van der Waals surface area contributed by atoms with Gasteiger partial charge in [0.2, 0.25) is 15.9 Å². The summed E-state index contributed by atoms with van der Waals surface area (Å²) in [5, 5.41) is 7.78. The molecule has 0 aliphatic carbocycles. The fourth-order valence-electron chi connectivity index (χ4n) is 2.70. The summed E-state index contributed by atoms with van der Waals surface area (Å²) in [6.07, 6.45) is 0.653. The zero-order valence-electron chi connectivity index (χ0n) is 13.4. The molecular weight excluding hydrogens is 318 g/mol. The first-order valence-corrected chi connectivity index (χ1v) is 9.09. The van der Waals surface area contributed by atoms with Gasteiger partial charge in [-0.15, -0.1) is 0 Å². The van der Waals surface area contributed by atoms with Crippen molar-refractivity contribution in [1.29, 1.82) is 0 Å². The molecule has 2 atom stereocenters. The molecule has 0 radical (unpaired) electrons. The number of primary sulfonamides is 1. The number of anilines is 1. The van der Waals surface area contributed by atoms with Crippen LogP contribution in [0.4, 0.5) is 5.69 Å². The van der Waals surface area contributed by atoms with E-state index in [-0.39, 0.29) is 23.0 Å². The van der Waals surface area contributed by atoms with Crippen molar-refractivity contribution in [2.75, 3.05) is 25.0 Å². The average molecular weight is 341 g/mol. The van der Waals surface area contributed by atoms with E-state index in [9.17, 15) is 13.2 Å². The summed E-state index contributed by atoms with van der Waals surface area (Å²) in [5.41, 5.74) is 0.422. The monoisotopic (exact) mass is 341 g/mol. The molecule has 0 unspecified atom stereocenters. The third kappa shape index (κ3) is 5.58. The van der Waals surface area contributed by atoms with Crippen LogP contribution in [0, 0.1) is 0 Å². The molecule has 0 spiro atoms. The second-order valence-corrected chi connectivity index (χ2v) is 7.45. The van der Waals surface area contributed by atoms with Gasteiger partial charge in [-0.25, -0.2) is 13.6 Å². The SMILES string of the molecule is C[C@@H]1CN(CCC(=O)Nc2cccc(S(N)(=O)=O)c2)C[C@H](C)O1. The van der Waals surface area contributed by atoms with Gasteiger partial charge >= 0.3 is 0 Å². The maximum atomic E-state index is 12.0. The van der Waals surface area contributed by atoms with Crippen LogP contribution in [0.5, 0.6) is 0 Å². The summed E-state index contributed by atoms with van der Waals surface area (Å²) in [4.78, 5) is 14.2. The van der Waals surface area contributed by atoms with Crippen LogP contribution in [-0.4, -0.2) is 51.1 Å². The molecule has 1 aromatic carbocycles. The number of nitrogens with one attached hydrogen (secondary N) is 1. The predicted octanol–water partition coefficient (Wildman–Crippen LogP) is 0.772. The van der Waals surface area contributed by atoms with Crippen LogP contribution in [-0.2, 0) is 19.6 Å². The van der Waals surface area contributed by atoms with E-state index in [1.807, 2.05) is 13.8 Å². The Balaban J connectivity index is 1.88. The topological polar surface area (TPSA) is 102 Å². The summed E-state index contributed by atoms with van der Waals surface area (Å²) in [6.45, 7) is 6.28. The minimum absolute atomic E-state index is 0.0221. The smallest absolute Gasteiger partial charge is 0.238 e. The zero-order valence-corrected chi connectivity index (χ0v) is 14.2. The Morgan fingerprint density at radius 2 is 2.00 bits per heavy atom. The Morgan fingerprint density at radius 1 is 1.35 bits per heavy atom. The van der Waals surface area contributed by atoms with Crippen LogP contribution in [0.15, 0.2) is 29.2 Å². The van der Waals surface area contributed by atoms with E-state index in [2.05, 4.69) is 10.2 Å². The number of hydrogen-bond donors (Lipinski definition) is 2. The van der Waals surface area contributed by atoms with Gasteiger partial charge in [0.05, 0.1) is 17.1 Å². The minimum Gasteiger partial charge on any atom is -0.373 e. The number of rotatable bonds is 5. The Labute approximate surface area is 136 Å². The average Bonchev–Trinajstić information content (AvgIpc) is 2.43. The molecule has 0 saturated carbocycles. The highest BCUT2D eigenvalue weighted by atomic mass is 32.2. The van der Waals surface area contributed by atoms with E-state index in [0.29, 0.717) is 18.7 Å². The molecule has 0 bridgehead atoms. The first kappa shape index (κ1) is 17.9. The van der Waals surface area contributed by atoms with Gasteiger partial charge in [-0.3, -0.25) is 9.69 Å². The van der Waals surface area contributed by atoms with Gasteiger partial charge in [-0.1, -0.05) is 6.07 Å². The summed E-state index contributed by atoms with van der Waals surface area (Å²) in [5.74, 6) is -0.164. The van der Waals surface area contributed by atoms with Gasteiger partial charge in [0.1, 0.15) is 0 Å². The van der Waals surface area contributed by atoms with Crippen LogP contribution in [0.3, 0.4) is 0 Å². The summed E-state index contributed by atoms with van der Waals surface area (Å²) >= 11 is 0. The third-order valence-electron chi connectivity index (χ3n) is 3.60. The molecule has 2 rings (SSSR count). The molecule has 1 aliphatic rings. The van der Waals surface area contributed by atoms with E-state index in [1.165, 1.54) is 12.1 Å². The second-order valence-electron chi connectivity index (χ2n) is 5.89. The molecule has 1 aromatic rings. The molecule has 1 heterocycles. The lowest BCUT2D eigenvalue weighted by molar-refractivity contribution is -0.117. The fourth-order valence-corrected chi connectivity index (χ4v) is 3.26. The third-order valence-corrected chi connectivity index (χ3v) is 4.51. The molecule has 7 nitrogen and oxygen atoms in total. The van der Waals surface area contributed by atoms with Gasteiger partial charge in [0, 0.05) is 31.7 Å². The first-order valence-electron chi connectivity index (χ1n) is 7.54. The number of hydrogen-bond acceptors (Lipinski definition) is 5. The Hall–Kier alpha value is -1.48. The number of nitrogens with two attached hydrogens (primary N) is 1. The number of sulfonamides is 1. The van der Waals surface area contributed by atoms with Crippen LogP contribution in [0.25, 0.3) is 0 Å². The van der Waals surface area contributed by atoms with Crippen LogP contribution >= 0.6 is 0 Å². The van der Waals surface area contributed by atoms with Crippen molar-refractivity contribution in [3.63, 3.8) is 0 Å². The first-order chi connectivity index (χ1) is 10.7. The van der Waals surface area contributed by atoms with E-state index < -0.39 is 10.0 Å². The van der Waals surface area contributed by atoms with Gasteiger partial charge in [-0.05, 0) is 32.0 Å². The fraction of sp³-hybridized carbons (Fsp3) is 0.533. The molecular formula is C15H23N3O4S. The molecule has 0 aromatic heterocycles. The van der Waals surface area contributed by atoms with E-state index in [0.717, 1.165) is 13.1 Å². The van der Waals surface area contributed by atoms with E-state index in [4.69, 9.17) is 9.88 Å². The maximum absolute atomic E-state index is 12.0. The zero-order chi connectivity index (χ0) is 17.0. The van der Waals surface area contributed by atoms with Crippen molar-refractivity contribution >= 4 is 21.6 Å². The van der Waals surface area contributed by atoms with Crippen LogP contribution < -0.4 is 10.5 Å². The molecule has 1 aliphatic heterocycles. The predicted molar refractivity (Wildman–Crippen MR) is 87.5 cm³/mol. The van der Waals surface area contributed by atoms with Crippen molar-refractivity contribution in [3.05, 3.63) is 24.3 Å². The van der Waals surface area contributed by atoms with E-state index in [1.54, 1.807) is 12.1 Å². The largest absolute Gasteiger partial charge is 0.373 e. The quantitative estimate of drug-likeness (QED) is 0.824. The highest BCUT2D eigenvalue weighted by molar-refractivity contribution is 7.89.